The summed E-state index contributed by atoms with van der Waals surface area (Å²) in [5.41, 5.74) is 0. The SMILES string of the molecule is CC(C)OC(=O)C(CCCCCCCCCCCCCCCCC(=O)O)C(C)C. The van der Waals surface area contributed by atoms with E-state index in [4.69, 9.17) is 9.84 Å². The van der Waals surface area contributed by atoms with Gasteiger partial charge in [0, 0.05) is 6.42 Å². The first kappa shape index (κ1) is 27.9. The second-order valence-corrected chi connectivity index (χ2v) is 9.22. The molecule has 0 aliphatic rings. The van der Waals surface area contributed by atoms with Crippen molar-refractivity contribution in [1.82, 2.24) is 0 Å². The zero-order valence-electron chi connectivity index (χ0n) is 19.7. The average molecular weight is 413 g/mol. The monoisotopic (exact) mass is 412 g/mol. The molecule has 4 heteroatoms. The van der Waals surface area contributed by atoms with E-state index in [-0.39, 0.29) is 18.0 Å². The first-order valence-electron chi connectivity index (χ1n) is 12.3. The van der Waals surface area contributed by atoms with Gasteiger partial charge in [-0.3, -0.25) is 9.59 Å². The number of carboxylic acid groups (broad SMARTS) is 1. The molecule has 0 amide bonds. The highest BCUT2D eigenvalue weighted by Gasteiger charge is 2.23. The van der Waals surface area contributed by atoms with Crippen LogP contribution in [0.3, 0.4) is 0 Å². The van der Waals surface area contributed by atoms with E-state index in [1.54, 1.807) is 0 Å². The van der Waals surface area contributed by atoms with Crippen molar-refractivity contribution in [2.24, 2.45) is 11.8 Å². The van der Waals surface area contributed by atoms with E-state index >= 15 is 0 Å². The summed E-state index contributed by atoms with van der Waals surface area (Å²) in [6, 6.07) is 0. The Balaban J connectivity index is 3.42. The van der Waals surface area contributed by atoms with Crippen molar-refractivity contribution in [3.63, 3.8) is 0 Å². The van der Waals surface area contributed by atoms with Crippen LogP contribution in [-0.4, -0.2) is 23.1 Å². The lowest BCUT2D eigenvalue weighted by Crippen LogP contribution is -2.25. The third-order valence-corrected chi connectivity index (χ3v) is 5.62. The van der Waals surface area contributed by atoms with Crippen LogP contribution < -0.4 is 0 Å². The molecular formula is C25H48O4. The fraction of sp³-hybridized carbons (Fsp3) is 0.920. The van der Waals surface area contributed by atoms with Crippen LogP contribution in [0.5, 0.6) is 0 Å². The molecule has 0 aliphatic carbocycles. The van der Waals surface area contributed by atoms with Crippen LogP contribution in [0.4, 0.5) is 0 Å². The lowest BCUT2D eigenvalue weighted by Gasteiger charge is -2.20. The van der Waals surface area contributed by atoms with Gasteiger partial charge in [0.1, 0.15) is 0 Å². The Hall–Kier alpha value is -1.06. The molecule has 4 nitrogen and oxygen atoms in total. The maximum absolute atomic E-state index is 12.2. The van der Waals surface area contributed by atoms with Crippen molar-refractivity contribution >= 4 is 11.9 Å². The van der Waals surface area contributed by atoms with Crippen LogP contribution in [-0.2, 0) is 14.3 Å². The number of hydrogen-bond donors (Lipinski definition) is 1. The van der Waals surface area contributed by atoms with Crippen molar-refractivity contribution in [2.45, 2.75) is 137 Å². The maximum atomic E-state index is 12.2. The summed E-state index contributed by atoms with van der Waals surface area (Å²) >= 11 is 0. The Morgan fingerprint density at radius 3 is 1.38 bits per heavy atom. The minimum atomic E-state index is -0.670. The third-order valence-electron chi connectivity index (χ3n) is 5.62. The van der Waals surface area contributed by atoms with Crippen molar-refractivity contribution in [1.29, 1.82) is 0 Å². The molecule has 0 radical (unpaired) electrons. The summed E-state index contributed by atoms with van der Waals surface area (Å²) in [7, 11) is 0. The second-order valence-electron chi connectivity index (χ2n) is 9.22. The smallest absolute Gasteiger partial charge is 0.309 e. The fourth-order valence-corrected chi connectivity index (χ4v) is 3.80. The molecule has 0 aromatic rings. The highest BCUT2D eigenvalue weighted by molar-refractivity contribution is 5.72. The molecule has 172 valence electrons. The largest absolute Gasteiger partial charge is 0.481 e. The van der Waals surface area contributed by atoms with E-state index in [0.29, 0.717) is 12.3 Å². The number of esters is 1. The maximum Gasteiger partial charge on any atom is 0.309 e. The Kier molecular flexibility index (Phi) is 18.2. The Morgan fingerprint density at radius 2 is 1.03 bits per heavy atom. The molecule has 0 bridgehead atoms. The van der Waals surface area contributed by atoms with Crippen molar-refractivity contribution in [3.8, 4) is 0 Å². The summed E-state index contributed by atoms with van der Waals surface area (Å²) in [6.07, 6.45) is 18.5. The number of rotatable bonds is 20. The number of unbranched alkanes of at least 4 members (excludes halogenated alkanes) is 13. The van der Waals surface area contributed by atoms with Gasteiger partial charge in [0.15, 0.2) is 0 Å². The molecule has 1 unspecified atom stereocenters. The van der Waals surface area contributed by atoms with E-state index in [1.165, 1.54) is 70.6 Å². The molecule has 1 atom stereocenters. The minimum absolute atomic E-state index is 0.0183. The molecule has 0 rings (SSSR count). The first-order valence-corrected chi connectivity index (χ1v) is 12.3. The molecule has 0 fully saturated rings. The highest BCUT2D eigenvalue weighted by atomic mass is 16.5. The van der Waals surface area contributed by atoms with Gasteiger partial charge in [0.25, 0.3) is 0 Å². The summed E-state index contributed by atoms with van der Waals surface area (Å²) in [5, 5.41) is 8.59. The van der Waals surface area contributed by atoms with Crippen LogP contribution in [0, 0.1) is 11.8 Å². The van der Waals surface area contributed by atoms with E-state index in [9.17, 15) is 9.59 Å². The van der Waals surface area contributed by atoms with Gasteiger partial charge in [0.2, 0.25) is 0 Å². The quantitative estimate of drug-likeness (QED) is 0.166. The van der Waals surface area contributed by atoms with E-state index in [0.717, 1.165) is 25.7 Å². The summed E-state index contributed by atoms with van der Waals surface area (Å²) in [6.45, 7) is 8.07. The van der Waals surface area contributed by atoms with Gasteiger partial charge in [-0.1, -0.05) is 97.3 Å². The summed E-state index contributed by atoms with van der Waals surface area (Å²) in [5.74, 6) is -0.285. The molecule has 29 heavy (non-hydrogen) atoms. The zero-order chi connectivity index (χ0) is 21.9. The van der Waals surface area contributed by atoms with E-state index in [2.05, 4.69) is 13.8 Å². The standard InChI is InChI=1S/C25H48O4/c1-21(2)23(25(28)29-22(3)4)19-17-15-13-11-9-7-5-6-8-10-12-14-16-18-20-24(26)27/h21-23H,5-20H2,1-4H3,(H,26,27). The van der Waals surface area contributed by atoms with Gasteiger partial charge in [-0.2, -0.15) is 0 Å². The van der Waals surface area contributed by atoms with Crippen molar-refractivity contribution in [3.05, 3.63) is 0 Å². The van der Waals surface area contributed by atoms with Gasteiger partial charge in [-0.05, 0) is 32.6 Å². The molecule has 0 aromatic carbocycles. The van der Waals surface area contributed by atoms with E-state index < -0.39 is 5.97 Å². The molecule has 1 N–H and O–H groups in total. The van der Waals surface area contributed by atoms with Gasteiger partial charge < -0.3 is 9.84 Å². The predicted octanol–water partition coefficient (Wildman–Crippen LogP) is 7.54. The summed E-state index contributed by atoms with van der Waals surface area (Å²) < 4.78 is 5.40. The number of carbonyl (C=O) groups excluding carboxylic acids is 1. The molecule has 0 aromatic heterocycles. The summed E-state index contributed by atoms with van der Waals surface area (Å²) in [4.78, 5) is 22.6. The normalized spacial score (nSPS) is 12.5. The number of carboxylic acids is 1. The van der Waals surface area contributed by atoms with Crippen LogP contribution in [0.25, 0.3) is 0 Å². The zero-order valence-corrected chi connectivity index (χ0v) is 19.7. The topological polar surface area (TPSA) is 63.6 Å². The second kappa shape index (κ2) is 18.9. The number of ether oxygens (including phenoxy) is 1. The average Bonchev–Trinajstić information content (AvgIpc) is 2.63. The van der Waals surface area contributed by atoms with Gasteiger partial charge >= 0.3 is 11.9 Å². The van der Waals surface area contributed by atoms with Gasteiger partial charge in [0.05, 0.1) is 12.0 Å². The number of carbonyl (C=O) groups is 2. The molecule has 0 spiro atoms. The number of hydrogen-bond acceptors (Lipinski definition) is 3. The minimum Gasteiger partial charge on any atom is -0.481 e. The number of aliphatic carboxylic acids is 1. The Labute approximate surface area is 180 Å². The highest BCUT2D eigenvalue weighted by Crippen LogP contribution is 2.22. The predicted molar refractivity (Wildman–Crippen MR) is 121 cm³/mol. The van der Waals surface area contributed by atoms with Crippen LogP contribution in [0.1, 0.15) is 130 Å². The Morgan fingerprint density at radius 1 is 0.655 bits per heavy atom. The van der Waals surface area contributed by atoms with Crippen LogP contribution >= 0.6 is 0 Å². The molecule has 0 saturated carbocycles. The molecule has 0 saturated heterocycles. The molecule has 0 heterocycles. The third kappa shape index (κ3) is 18.7. The van der Waals surface area contributed by atoms with Crippen molar-refractivity contribution in [2.75, 3.05) is 0 Å². The van der Waals surface area contributed by atoms with Crippen LogP contribution in [0.2, 0.25) is 0 Å². The van der Waals surface area contributed by atoms with Gasteiger partial charge in [-0.25, -0.2) is 0 Å². The lowest BCUT2D eigenvalue weighted by atomic mass is 9.90. The van der Waals surface area contributed by atoms with Gasteiger partial charge in [-0.15, -0.1) is 0 Å². The molecule has 0 aliphatic heterocycles. The van der Waals surface area contributed by atoms with Crippen molar-refractivity contribution < 1.29 is 19.4 Å². The fourth-order valence-electron chi connectivity index (χ4n) is 3.80. The van der Waals surface area contributed by atoms with Crippen LogP contribution in [0.15, 0.2) is 0 Å². The Bertz CT molecular complexity index is 404. The lowest BCUT2D eigenvalue weighted by molar-refractivity contribution is -0.154. The van der Waals surface area contributed by atoms with E-state index in [1.807, 2.05) is 13.8 Å². The molecular weight excluding hydrogens is 364 g/mol. The first-order chi connectivity index (χ1) is 13.8.